The predicted molar refractivity (Wildman–Crippen MR) is 103 cm³/mol. The zero-order valence-corrected chi connectivity index (χ0v) is 16.8. The van der Waals surface area contributed by atoms with E-state index < -0.39 is 0 Å². The van der Waals surface area contributed by atoms with E-state index in [1.54, 1.807) is 11.3 Å². The van der Waals surface area contributed by atoms with Crippen LogP contribution in [-0.2, 0) is 22.4 Å². The van der Waals surface area contributed by atoms with Gasteiger partial charge in [0.25, 0.3) is 0 Å². The van der Waals surface area contributed by atoms with Crippen LogP contribution in [0.2, 0.25) is 0 Å². The van der Waals surface area contributed by atoms with Crippen molar-refractivity contribution >= 4 is 28.2 Å². The highest BCUT2D eigenvalue weighted by Crippen LogP contribution is 2.40. The first-order chi connectivity index (χ1) is 12.0. The highest BCUT2D eigenvalue weighted by Gasteiger charge is 2.30. The summed E-state index contributed by atoms with van der Waals surface area (Å²) >= 11 is 1.57. The smallest absolute Gasteiger partial charge is 0.341 e. The SMILES string of the molecule is CCCC[C@@H](CC)C(=O)Nc1sc2c(c1C(=O)OCC)CC[C@H](C)C2. The van der Waals surface area contributed by atoms with Crippen LogP contribution in [0.15, 0.2) is 0 Å². The third-order valence-electron chi connectivity index (χ3n) is 5.00. The van der Waals surface area contributed by atoms with Crippen LogP contribution in [0.1, 0.15) is 80.6 Å². The van der Waals surface area contributed by atoms with Crippen molar-refractivity contribution in [2.45, 2.75) is 72.6 Å². The molecule has 0 aromatic carbocycles. The molecule has 0 bridgehead atoms. The van der Waals surface area contributed by atoms with Crippen molar-refractivity contribution < 1.29 is 14.3 Å². The Bertz CT molecular complexity index is 608. The van der Waals surface area contributed by atoms with Crippen molar-refractivity contribution in [2.75, 3.05) is 11.9 Å². The van der Waals surface area contributed by atoms with E-state index in [9.17, 15) is 9.59 Å². The van der Waals surface area contributed by atoms with Gasteiger partial charge in [0.05, 0.1) is 12.2 Å². The average Bonchev–Trinajstić information content (AvgIpc) is 2.92. The van der Waals surface area contributed by atoms with Gasteiger partial charge in [-0.25, -0.2) is 4.79 Å². The summed E-state index contributed by atoms with van der Waals surface area (Å²) < 4.78 is 5.27. The monoisotopic (exact) mass is 365 g/mol. The van der Waals surface area contributed by atoms with Gasteiger partial charge in [-0.15, -0.1) is 11.3 Å². The molecule has 4 nitrogen and oxygen atoms in total. The number of carbonyl (C=O) groups excluding carboxylic acids is 2. The normalized spacial score (nSPS) is 17.7. The fourth-order valence-corrected chi connectivity index (χ4v) is 4.84. The lowest BCUT2D eigenvalue weighted by Crippen LogP contribution is -2.23. The summed E-state index contributed by atoms with van der Waals surface area (Å²) in [5.74, 6) is 0.366. The molecule has 2 rings (SSSR count). The van der Waals surface area contributed by atoms with Crippen LogP contribution in [-0.4, -0.2) is 18.5 Å². The van der Waals surface area contributed by atoms with Crippen LogP contribution in [0, 0.1) is 11.8 Å². The Kier molecular flexibility index (Phi) is 7.48. The number of rotatable bonds is 8. The molecule has 1 aliphatic rings. The van der Waals surface area contributed by atoms with E-state index in [4.69, 9.17) is 4.74 Å². The lowest BCUT2D eigenvalue weighted by Gasteiger charge is -2.18. The number of ether oxygens (including phenoxy) is 1. The molecule has 1 aromatic heterocycles. The summed E-state index contributed by atoms with van der Waals surface area (Å²) in [5.41, 5.74) is 1.70. The topological polar surface area (TPSA) is 55.4 Å². The third-order valence-corrected chi connectivity index (χ3v) is 6.17. The first-order valence-electron chi connectivity index (χ1n) is 9.64. The zero-order chi connectivity index (χ0) is 18.4. The Hall–Kier alpha value is -1.36. The molecule has 0 aliphatic heterocycles. The molecular weight excluding hydrogens is 334 g/mol. The van der Waals surface area contributed by atoms with E-state index in [-0.39, 0.29) is 17.8 Å². The minimum absolute atomic E-state index is 0.00745. The Labute approximate surface area is 155 Å². The quantitative estimate of drug-likeness (QED) is 0.644. The fraction of sp³-hybridized carbons (Fsp3) is 0.700. The number of unbranched alkanes of at least 4 members (excludes halogenated alkanes) is 1. The molecule has 25 heavy (non-hydrogen) atoms. The number of hydrogen-bond acceptors (Lipinski definition) is 4. The maximum absolute atomic E-state index is 12.7. The number of carbonyl (C=O) groups is 2. The van der Waals surface area contributed by atoms with Gasteiger partial charge in [0, 0.05) is 10.8 Å². The van der Waals surface area contributed by atoms with Crippen molar-refractivity contribution in [3.05, 3.63) is 16.0 Å². The second-order valence-corrected chi connectivity index (χ2v) is 8.12. The van der Waals surface area contributed by atoms with E-state index in [0.717, 1.165) is 50.5 Å². The van der Waals surface area contributed by atoms with Gasteiger partial charge < -0.3 is 10.1 Å². The Morgan fingerprint density at radius 1 is 1.32 bits per heavy atom. The summed E-state index contributed by atoms with van der Waals surface area (Å²) in [6, 6.07) is 0. The lowest BCUT2D eigenvalue weighted by atomic mass is 9.88. The molecule has 5 heteroatoms. The van der Waals surface area contributed by atoms with Crippen LogP contribution in [0.4, 0.5) is 5.00 Å². The molecule has 1 N–H and O–H groups in total. The van der Waals surface area contributed by atoms with Crippen molar-refractivity contribution in [1.82, 2.24) is 0 Å². The van der Waals surface area contributed by atoms with E-state index >= 15 is 0 Å². The standard InChI is InChI=1S/C20H31NO3S/c1-5-8-9-14(6-2)18(22)21-19-17(20(23)24-7-3)15-11-10-13(4)12-16(15)25-19/h13-14H,5-12H2,1-4H3,(H,21,22)/t13-,14+/m0/s1. The maximum atomic E-state index is 12.7. The molecule has 0 spiro atoms. The number of esters is 1. The first kappa shape index (κ1) is 20.0. The van der Waals surface area contributed by atoms with Crippen LogP contribution < -0.4 is 5.32 Å². The van der Waals surface area contributed by atoms with Gasteiger partial charge in [-0.2, -0.15) is 0 Å². The molecule has 0 unspecified atom stereocenters. The summed E-state index contributed by atoms with van der Waals surface area (Å²) in [6.45, 7) is 8.59. The summed E-state index contributed by atoms with van der Waals surface area (Å²) in [4.78, 5) is 26.4. The van der Waals surface area contributed by atoms with Crippen LogP contribution >= 0.6 is 11.3 Å². The van der Waals surface area contributed by atoms with Crippen molar-refractivity contribution in [3.8, 4) is 0 Å². The van der Waals surface area contributed by atoms with Gasteiger partial charge in [0.15, 0.2) is 0 Å². The van der Waals surface area contributed by atoms with Gasteiger partial charge in [0.1, 0.15) is 5.00 Å². The molecule has 1 aromatic rings. The second-order valence-electron chi connectivity index (χ2n) is 7.01. The van der Waals surface area contributed by atoms with Crippen molar-refractivity contribution in [3.63, 3.8) is 0 Å². The van der Waals surface area contributed by atoms with E-state index in [0.29, 0.717) is 23.1 Å². The van der Waals surface area contributed by atoms with Gasteiger partial charge in [-0.3, -0.25) is 4.79 Å². The van der Waals surface area contributed by atoms with E-state index in [2.05, 4.69) is 19.2 Å². The van der Waals surface area contributed by atoms with Crippen LogP contribution in [0.3, 0.4) is 0 Å². The van der Waals surface area contributed by atoms with Crippen molar-refractivity contribution in [1.29, 1.82) is 0 Å². The molecule has 2 atom stereocenters. The Morgan fingerprint density at radius 3 is 2.72 bits per heavy atom. The Morgan fingerprint density at radius 2 is 2.08 bits per heavy atom. The highest BCUT2D eigenvalue weighted by atomic mass is 32.1. The summed E-state index contributed by atoms with van der Waals surface area (Å²) in [6.07, 6.45) is 6.81. The number of anilines is 1. The molecule has 0 radical (unpaired) electrons. The molecule has 140 valence electrons. The summed E-state index contributed by atoms with van der Waals surface area (Å²) in [7, 11) is 0. The van der Waals surface area contributed by atoms with Crippen molar-refractivity contribution in [2.24, 2.45) is 11.8 Å². The minimum atomic E-state index is -0.300. The summed E-state index contributed by atoms with van der Waals surface area (Å²) in [5, 5.41) is 3.75. The van der Waals surface area contributed by atoms with Gasteiger partial charge in [-0.1, -0.05) is 33.6 Å². The average molecular weight is 366 g/mol. The van der Waals surface area contributed by atoms with E-state index in [1.165, 1.54) is 4.88 Å². The number of thiophene rings is 1. The van der Waals surface area contributed by atoms with E-state index in [1.807, 2.05) is 13.8 Å². The molecule has 0 saturated carbocycles. The number of fused-ring (bicyclic) bond motifs is 1. The lowest BCUT2D eigenvalue weighted by molar-refractivity contribution is -0.120. The van der Waals surface area contributed by atoms with Crippen LogP contribution in [0.5, 0.6) is 0 Å². The fourth-order valence-electron chi connectivity index (χ4n) is 3.44. The second kappa shape index (κ2) is 9.37. The Balaban J connectivity index is 2.26. The first-order valence-corrected chi connectivity index (χ1v) is 10.5. The van der Waals surface area contributed by atoms with Gasteiger partial charge in [-0.05, 0) is 50.5 Å². The largest absolute Gasteiger partial charge is 0.462 e. The van der Waals surface area contributed by atoms with Gasteiger partial charge >= 0.3 is 5.97 Å². The molecule has 1 amide bonds. The molecule has 1 aliphatic carbocycles. The molecular formula is C20H31NO3S. The number of hydrogen-bond donors (Lipinski definition) is 1. The number of nitrogens with one attached hydrogen (secondary N) is 1. The van der Waals surface area contributed by atoms with Gasteiger partial charge in [0.2, 0.25) is 5.91 Å². The number of amides is 1. The molecule has 0 saturated heterocycles. The highest BCUT2D eigenvalue weighted by molar-refractivity contribution is 7.17. The zero-order valence-electron chi connectivity index (χ0n) is 15.9. The maximum Gasteiger partial charge on any atom is 0.341 e. The third kappa shape index (κ3) is 4.84. The minimum Gasteiger partial charge on any atom is -0.462 e. The molecule has 0 fully saturated rings. The predicted octanol–water partition coefficient (Wildman–Crippen LogP) is 5.20. The van der Waals surface area contributed by atoms with Crippen LogP contribution in [0.25, 0.3) is 0 Å². The molecule has 1 heterocycles.